The molecular formula is C22H16Cl2N4OS2. The average Bonchev–Trinajstić information content (AvgIpc) is 3.19. The van der Waals surface area contributed by atoms with Gasteiger partial charge in [-0.2, -0.15) is 0 Å². The number of nitrogens with one attached hydrogen (secondary N) is 1. The van der Waals surface area contributed by atoms with Crippen molar-refractivity contribution in [2.24, 2.45) is 4.99 Å². The summed E-state index contributed by atoms with van der Waals surface area (Å²) in [5, 5.41) is 11.6. The monoisotopic (exact) mass is 486 g/mol. The fourth-order valence-corrected chi connectivity index (χ4v) is 5.88. The Hall–Kier alpha value is -2.16. The lowest BCUT2D eigenvalue weighted by atomic mass is 10.1. The molecule has 0 unspecified atom stereocenters. The summed E-state index contributed by atoms with van der Waals surface area (Å²) in [5.41, 5.74) is 4.62. The second-order valence-corrected chi connectivity index (χ2v) is 10.2. The van der Waals surface area contributed by atoms with Crippen LogP contribution in [-0.2, 0) is 4.84 Å². The second kappa shape index (κ2) is 8.76. The Morgan fingerprint density at radius 2 is 1.87 bits per heavy atom. The van der Waals surface area contributed by atoms with Crippen LogP contribution in [0.25, 0.3) is 10.9 Å². The van der Waals surface area contributed by atoms with Crippen LogP contribution in [0, 0.1) is 6.92 Å². The molecule has 0 saturated heterocycles. The highest BCUT2D eigenvalue weighted by Gasteiger charge is 2.24. The Bertz CT molecular complexity index is 1290. The third-order valence-corrected chi connectivity index (χ3v) is 7.20. The number of rotatable bonds is 4. The first-order valence-electron chi connectivity index (χ1n) is 9.48. The number of aliphatic imine (C=N–C) groups is 1. The standard InChI is InChI=1S/C22H16Cl2N4OS2/c1-12-6-7-19(30-12)18-11-29-28-21(25-18)20-16-4-2-3-5-17(16)26-27-22(20)31-15-9-13(23)8-14(24)10-15/h2-10,18H,11H2,1H3,(H,25,28)/t18-/m1/s1. The molecule has 1 atom stereocenters. The molecule has 1 aliphatic rings. The smallest absolute Gasteiger partial charge is 0.156 e. The average molecular weight is 487 g/mol. The predicted molar refractivity (Wildman–Crippen MR) is 128 cm³/mol. The van der Waals surface area contributed by atoms with Crippen molar-refractivity contribution in [2.75, 3.05) is 6.61 Å². The van der Waals surface area contributed by atoms with Gasteiger partial charge < -0.3 is 0 Å². The molecule has 5 nitrogen and oxygen atoms in total. The van der Waals surface area contributed by atoms with Gasteiger partial charge in [-0.1, -0.05) is 53.2 Å². The van der Waals surface area contributed by atoms with E-state index < -0.39 is 0 Å². The fourth-order valence-electron chi connectivity index (χ4n) is 3.34. The molecule has 9 heteroatoms. The number of aryl methyl sites for hydroxylation is 1. The minimum Gasteiger partial charge on any atom is -0.272 e. The van der Waals surface area contributed by atoms with Crippen molar-refractivity contribution in [1.82, 2.24) is 15.7 Å². The van der Waals surface area contributed by atoms with Crippen LogP contribution in [0.2, 0.25) is 10.0 Å². The van der Waals surface area contributed by atoms with Crippen LogP contribution in [0.1, 0.15) is 21.4 Å². The predicted octanol–water partition coefficient (Wildman–Crippen LogP) is 6.48. The van der Waals surface area contributed by atoms with E-state index in [4.69, 9.17) is 33.0 Å². The molecule has 31 heavy (non-hydrogen) atoms. The Morgan fingerprint density at radius 3 is 2.65 bits per heavy atom. The molecule has 3 heterocycles. The zero-order valence-corrected chi connectivity index (χ0v) is 19.4. The Labute approximate surface area is 197 Å². The fraction of sp³-hybridized carbons (Fsp3) is 0.136. The van der Waals surface area contributed by atoms with Crippen LogP contribution >= 0.6 is 46.3 Å². The third-order valence-electron chi connectivity index (χ3n) is 4.71. The first-order chi connectivity index (χ1) is 15.1. The van der Waals surface area contributed by atoms with Crippen LogP contribution < -0.4 is 5.48 Å². The zero-order chi connectivity index (χ0) is 21.4. The van der Waals surface area contributed by atoms with E-state index in [9.17, 15) is 0 Å². The van der Waals surface area contributed by atoms with E-state index in [1.54, 1.807) is 17.4 Å². The van der Waals surface area contributed by atoms with Crippen molar-refractivity contribution in [3.05, 3.63) is 80.0 Å². The van der Waals surface area contributed by atoms with Crippen molar-refractivity contribution in [1.29, 1.82) is 0 Å². The molecule has 0 amide bonds. The van der Waals surface area contributed by atoms with Crippen LogP contribution in [0.15, 0.2) is 69.5 Å². The molecule has 0 saturated carbocycles. The number of hydrogen-bond donors (Lipinski definition) is 1. The van der Waals surface area contributed by atoms with Crippen molar-refractivity contribution >= 4 is 63.0 Å². The molecule has 1 aliphatic heterocycles. The molecule has 0 fully saturated rings. The molecule has 0 bridgehead atoms. The van der Waals surface area contributed by atoms with Crippen LogP contribution in [-0.4, -0.2) is 22.6 Å². The molecular weight excluding hydrogens is 471 g/mol. The first kappa shape index (κ1) is 20.7. The van der Waals surface area contributed by atoms with Crippen molar-refractivity contribution in [2.45, 2.75) is 22.9 Å². The van der Waals surface area contributed by atoms with Gasteiger partial charge in [0.05, 0.1) is 11.1 Å². The first-order valence-corrected chi connectivity index (χ1v) is 11.9. The van der Waals surface area contributed by atoms with E-state index in [1.807, 2.05) is 36.4 Å². The summed E-state index contributed by atoms with van der Waals surface area (Å²) in [6.45, 7) is 2.55. The summed E-state index contributed by atoms with van der Waals surface area (Å²) in [6.07, 6.45) is 0. The third kappa shape index (κ3) is 4.42. The summed E-state index contributed by atoms with van der Waals surface area (Å²) >= 11 is 15.6. The van der Waals surface area contributed by atoms with Gasteiger partial charge in [0, 0.05) is 30.1 Å². The number of fused-ring (bicyclic) bond motifs is 1. The maximum absolute atomic E-state index is 6.20. The normalized spacial score (nSPS) is 16.2. The van der Waals surface area contributed by atoms with Crippen LogP contribution in [0.4, 0.5) is 0 Å². The van der Waals surface area contributed by atoms with E-state index in [2.05, 4.69) is 34.7 Å². The van der Waals surface area contributed by atoms with Gasteiger partial charge in [0.15, 0.2) is 5.84 Å². The lowest BCUT2D eigenvalue weighted by Gasteiger charge is -2.23. The van der Waals surface area contributed by atoms with Crippen molar-refractivity contribution < 1.29 is 4.84 Å². The van der Waals surface area contributed by atoms with Crippen molar-refractivity contribution in [3.8, 4) is 0 Å². The quantitative estimate of drug-likeness (QED) is 0.357. The maximum atomic E-state index is 6.20. The highest BCUT2D eigenvalue weighted by atomic mass is 35.5. The van der Waals surface area contributed by atoms with E-state index >= 15 is 0 Å². The highest BCUT2D eigenvalue weighted by molar-refractivity contribution is 7.99. The summed E-state index contributed by atoms with van der Waals surface area (Å²) < 4.78 is 0. The van der Waals surface area contributed by atoms with E-state index in [0.29, 0.717) is 27.5 Å². The largest absolute Gasteiger partial charge is 0.272 e. The molecule has 0 spiro atoms. The SMILES string of the molecule is Cc1ccc([C@H]2CONC(c3c(Sc4cc(Cl)cc(Cl)c4)nnc4ccccc34)=N2)s1. The lowest BCUT2D eigenvalue weighted by Crippen LogP contribution is -2.33. The molecule has 0 radical (unpaired) electrons. The minimum atomic E-state index is -0.0830. The molecule has 5 rings (SSSR count). The summed E-state index contributed by atoms with van der Waals surface area (Å²) in [5.74, 6) is 0.629. The van der Waals surface area contributed by atoms with E-state index in [-0.39, 0.29) is 6.04 Å². The maximum Gasteiger partial charge on any atom is 0.156 e. The summed E-state index contributed by atoms with van der Waals surface area (Å²) in [7, 11) is 0. The van der Waals surface area contributed by atoms with Gasteiger partial charge in [-0.15, -0.1) is 21.5 Å². The van der Waals surface area contributed by atoms with E-state index in [1.165, 1.54) is 21.5 Å². The Kier molecular flexibility index (Phi) is 5.86. The number of thiophene rings is 1. The second-order valence-electron chi connectivity index (χ2n) is 6.96. The minimum absolute atomic E-state index is 0.0830. The molecule has 4 aromatic rings. The number of hydroxylamine groups is 1. The van der Waals surface area contributed by atoms with Crippen molar-refractivity contribution in [3.63, 3.8) is 0 Å². The van der Waals surface area contributed by atoms with Gasteiger partial charge in [0.25, 0.3) is 0 Å². The summed E-state index contributed by atoms with van der Waals surface area (Å²) in [4.78, 5) is 14.0. The number of aromatic nitrogens is 2. The van der Waals surface area contributed by atoms with Gasteiger partial charge in [-0.25, -0.2) is 5.48 Å². The van der Waals surface area contributed by atoms with Gasteiger partial charge in [0.1, 0.15) is 17.7 Å². The van der Waals surface area contributed by atoms with Crippen LogP contribution in [0.3, 0.4) is 0 Å². The molecule has 2 aromatic heterocycles. The van der Waals surface area contributed by atoms with Gasteiger partial charge in [-0.3, -0.25) is 9.83 Å². The topological polar surface area (TPSA) is 59.4 Å². The zero-order valence-electron chi connectivity index (χ0n) is 16.3. The van der Waals surface area contributed by atoms with Crippen LogP contribution in [0.5, 0.6) is 0 Å². The highest BCUT2D eigenvalue weighted by Crippen LogP contribution is 2.36. The number of hydrogen-bond acceptors (Lipinski definition) is 7. The van der Waals surface area contributed by atoms with E-state index in [0.717, 1.165) is 21.4 Å². The molecule has 2 aromatic carbocycles. The summed E-state index contributed by atoms with van der Waals surface area (Å²) in [6, 6.07) is 17.4. The lowest BCUT2D eigenvalue weighted by molar-refractivity contribution is 0.0628. The van der Waals surface area contributed by atoms with Gasteiger partial charge in [0.2, 0.25) is 0 Å². The molecule has 0 aliphatic carbocycles. The Morgan fingerprint density at radius 1 is 1.06 bits per heavy atom. The molecule has 156 valence electrons. The molecule has 1 N–H and O–H groups in total. The number of nitrogens with zero attached hydrogens (tertiary/aromatic N) is 3. The number of amidine groups is 1. The van der Waals surface area contributed by atoms with Gasteiger partial charge >= 0.3 is 0 Å². The van der Waals surface area contributed by atoms with Gasteiger partial charge in [-0.05, 0) is 43.3 Å². The number of benzene rings is 2. The Balaban J connectivity index is 1.63. The number of halogens is 2.